The summed E-state index contributed by atoms with van der Waals surface area (Å²) in [7, 11) is 0. The Balaban J connectivity index is 2.19. The zero-order valence-electron chi connectivity index (χ0n) is 11.6. The SMILES string of the molecule is Cc1cc(NC(=O)C2(CN)CCCC2)cc(C)c1Br. The lowest BCUT2D eigenvalue weighted by Gasteiger charge is -2.26. The molecule has 1 aromatic carbocycles. The fourth-order valence-electron chi connectivity index (χ4n) is 2.86. The second kappa shape index (κ2) is 5.63. The van der Waals surface area contributed by atoms with E-state index >= 15 is 0 Å². The van der Waals surface area contributed by atoms with Crippen LogP contribution >= 0.6 is 15.9 Å². The van der Waals surface area contributed by atoms with Gasteiger partial charge in [0.05, 0.1) is 5.41 Å². The van der Waals surface area contributed by atoms with Crippen LogP contribution in [0.5, 0.6) is 0 Å². The average molecular weight is 325 g/mol. The molecule has 0 aromatic heterocycles. The summed E-state index contributed by atoms with van der Waals surface area (Å²) < 4.78 is 1.10. The van der Waals surface area contributed by atoms with Gasteiger partial charge in [-0.15, -0.1) is 0 Å². The Labute approximate surface area is 123 Å². The molecule has 0 bridgehead atoms. The molecule has 0 heterocycles. The van der Waals surface area contributed by atoms with Crippen LogP contribution < -0.4 is 11.1 Å². The molecule has 0 unspecified atom stereocenters. The molecule has 0 spiro atoms. The first-order valence-corrected chi connectivity index (χ1v) is 7.56. The summed E-state index contributed by atoms with van der Waals surface area (Å²) >= 11 is 3.54. The van der Waals surface area contributed by atoms with Gasteiger partial charge in [0.25, 0.3) is 0 Å². The summed E-state index contributed by atoms with van der Waals surface area (Å²) in [5, 5.41) is 3.04. The van der Waals surface area contributed by atoms with Crippen molar-refractivity contribution in [2.75, 3.05) is 11.9 Å². The molecule has 0 radical (unpaired) electrons. The number of rotatable bonds is 3. The highest BCUT2D eigenvalue weighted by Gasteiger charge is 2.39. The lowest BCUT2D eigenvalue weighted by Crippen LogP contribution is -2.40. The quantitative estimate of drug-likeness (QED) is 0.893. The standard InChI is InChI=1S/C15H21BrN2O/c1-10-7-12(8-11(2)13(10)16)18-14(19)15(9-17)5-3-4-6-15/h7-8H,3-6,9,17H2,1-2H3,(H,18,19). The van der Waals surface area contributed by atoms with Gasteiger partial charge >= 0.3 is 0 Å². The van der Waals surface area contributed by atoms with Gasteiger partial charge in [-0.1, -0.05) is 28.8 Å². The zero-order valence-corrected chi connectivity index (χ0v) is 13.1. The van der Waals surface area contributed by atoms with Crippen LogP contribution in [0.15, 0.2) is 16.6 Å². The van der Waals surface area contributed by atoms with Crippen molar-refractivity contribution in [3.8, 4) is 0 Å². The summed E-state index contributed by atoms with van der Waals surface area (Å²) in [6.07, 6.45) is 4.01. The molecule has 19 heavy (non-hydrogen) atoms. The van der Waals surface area contributed by atoms with E-state index in [1.807, 2.05) is 26.0 Å². The Morgan fingerprint density at radius 2 is 1.84 bits per heavy atom. The first-order valence-electron chi connectivity index (χ1n) is 6.77. The van der Waals surface area contributed by atoms with Crippen LogP contribution in [-0.4, -0.2) is 12.5 Å². The summed E-state index contributed by atoms with van der Waals surface area (Å²) in [5.41, 5.74) is 8.61. The normalized spacial score (nSPS) is 17.5. The van der Waals surface area contributed by atoms with Gasteiger partial charge in [-0.25, -0.2) is 0 Å². The molecule has 104 valence electrons. The number of benzene rings is 1. The van der Waals surface area contributed by atoms with Crippen molar-refractivity contribution in [2.45, 2.75) is 39.5 Å². The smallest absolute Gasteiger partial charge is 0.231 e. The molecule has 1 amide bonds. The molecule has 1 aromatic rings. The van der Waals surface area contributed by atoms with E-state index in [0.717, 1.165) is 47.0 Å². The lowest BCUT2D eigenvalue weighted by molar-refractivity contribution is -0.124. The predicted octanol–water partition coefficient (Wildman–Crippen LogP) is 3.52. The van der Waals surface area contributed by atoms with Gasteiger partial charge in [0.1, 0.15) is 0 Å². The summed E-state index contributed by atoms with van der Waals surface area (Å²) in [5.74, 6) is 0.0774. The molecule has 4 heteroatoms. The van der Waals surface area contributed by atoms with Crippen molar-refractivity contribution in [3.63, 3.8) is 0 Å². The summed E-state index contributed by atoms with van der Waals surface area (Å²) in [6.45, 7) is 4.50. The lowest BCUT2D eigenvalue weighted by atomic mass is 9.85. The van der Waals surface area contributed by atoms with E-state index in [1.54, 1.807) is 0 Å². The van der Waals surface area contributed by atoms with Crippen LogP contribution in [0.1, 0.15) is 36.8 Å². The Morgan fingerprint density at radius 1 is 1.32 bits per heavy atom. The number of nitrogens with one attached hydrogen (secondary N) is 1. The third-order valence-corrected chi connectivity index (χ3v) is 5.38. The largest absolute Gasteiger partial charge is 0.329 e. The fourth-order valence-corrected chi connectivity index (χ4v) is 3.09. The maximum absolute atomic E-state index is 12.5. The Morgan fingerprint density at radius 3 is 2.32 bits per heavy atom. The van der Waals surface area contributed by atoms with Crippen molar-refractivity contribution >= 4 is 27.5 Å². The van der Waals surface area contributed by atoms with E-state index in [-0.39, 0.29) is 11.3 Å². The number of carbonyl (C=O) groups excluding carboxylic acids is 1. The molecule has 3 nitrogen and oxygen atoms in total. The Kier molecular flexibility index (Phi) is 4.31. The van der Waals surface area contributed by atoms with E-state index in [2.05, 4.69) is 21.2 Å². The molecular formula is C15H21BrN2O. The minimum atomic E-state index is -0.352. The molecule has 3 N–H and O–H groups in total. The number of halogens is 1. The maximum atomic E-state index is 12.5. The Bertz CT molecular complexity index is 470. The second-order valence-electron chi connectivity index (χ2n) is 5.57. The first-order chi connectivity index (χ1) is 8.98. The number of anilines is 1. The van der Waals surface area contributed by atoms with Crippen LogP contribution in [-0.2, 0) is 4.79 Å². The molecular weight excluding hydrogens is 304 g/mol. The van der Waals surface area contributed by atoms with Crippen LogP contribution in [0.2, 0.25) is 0 Å². The highest BCUT2D eigenvalue weighted by molar-refractivity contribution is 9.10. The number of nitrogens with two attached hydrogens (primary N) is 1. The van der Waals surface area contributed by atoms with Crippen molar-refractivity contribution in [3.05, 3.63) is 27.7 Å². The zero-order chi connectivity index (χ0) is 14.0. The van der Waals surface area contributed by atoms with E-state index in [0.29, 0.717) is 6.54 Å². The predicted molar refractivity (Wildman–Crippen MR) is 82.2 cm³/mol. The molecule has 0 aliphatic heterocycles. The number of amides is 1. The van der Waals surface area contributed by atoms with E-state index in [1.165, 1.54) is 0 Å². The van der Waals surface area contributed by atoms with E-state index < -0.39 is 0 Å². The highest BCUT2D eigenvalue weighted by Crippen LogP contribution is 2.38. The Hall–Kier alpha value is -0.870. The van der Waals surface area contributed by atoms with Crippen molar-refractivity contribution in [2.24, 2.45) is 11.1 Å². The highest BCUT2D eigenvalue weighted by atomic mass is 79.9. The minimum absolute atomic E-state index is 0.0774. The molecule has 1 aliphatic rings. The maximum Gasteiger partial charge on any atom is 0.231 e. The van der Waals surface area contributed by atoms with Gasteiger partial charge in [0.15, 0.2) is 0 Å². The van der Waals surface area contributed by atoms with Gasteiger partial charge in [-0.05, 0) is 49.9 Å². The first kappa shape index (κ1) is 14.5. The van der Waals surface area contributed by atoms with Gasteiger partial charge < -0.3 is 11.1 Å². The van der Waals surface area contributed by atoms with Crippen LogP contribution in [0.4, 0.5) is 5.69 Å². The molecule has 1 aliphatic carbocycles. The molecule has 1 saturated carbocycles. The number of aryl methyl sites for hydroxylation is 2. The number of carbonyl (C=O) groups is 1. The average Bonchev–Trinajstić information content (AvgIpc) is 2.85. The van der Waals surface area contributed by atoms with Crippen LogP contribution in [0.3, 0.4) is 0 Å². The van der Waals surface area contributed by atoms with Gasteiger partial charge in [0, 0.05) is 16.7 Å². The fraction of sp³-hybridized carbons (Fsp3) is 0.533. The van der Waals surface area contributed by atoms with Crippen molar-refractivity contribution in [1.82, 2.24) is 0 Å². The van der Waals surface area contributed by atoms with Crippen molar-refractivity contribution < 1.29 is 4.79 Å². The minimum Gasteiger partial charge on any atom is -0.329 e. The van der Waals surface area contributed by atoms with Gasteiger partial charge in [0.2, 0.25) is 5.91 Å². The third-order valence-electron chi connectivity index (χ3n) is 4.13. The molecule has 0 atom stereocenters. The molecule has 2 rings (SSSR count). The van der Waals surface area contributed by atoms with Crippen LogP contribution in [0.25, 0.3) is 0 Å². The topological polar surface area (TPSA) is 55.1 Å². The molecule has 1 fully saturated rings. The number of hydrogen-bond donors (Lipinski definition) is 2. The second-order valence-corrected chi connectivity index (χ2v) is 6.36. The third kappa shape index (κ3) is 2.84. The van der Waals surface area contributed by atoms with Crippen LogP contribution in [0, 0.1) is 19.3 Å². The monoisotopic (exact) mass is 324 g/mol. The molecule has 0 saturated heterocycles. The summed E-state index contributed by atoms with van der Waals surface area (Å²) in [6, 6.07) is 3.99. The van der Waals surface area contributed by atoms with E-state index in [9.17, 15) is 4.79 Å². The van der Waals surface area contributed by atoms with E-state index in [4.69, 9.17) is 5.73 Å². The van der Waals surface area contributed by atoms with Gasteiger partial charge in [-0.2, -0.15) is 0 Å². The van der Waals surface area contributed by atoms with Crippen molar-refractivity contribution in [1.29, 1.82) is 0 Å². The summed E-state index contributed by atoms with van der Waals surface area (Å²) in [4.78, 5) is 12.5. The number of hydrogen-bond acceptors (Lipinski definition) is 2. The van der Waals surface area contributed by atoms with Gasteiger partial charge in [-0.3, -0.25) is 4.79 Å².